The van der Waals surface area contributed by atoms with Gasteiger partial charge in [-0.25, -0.2) is 0 Å². The maximum Gasteiger partial charge on any atom is 0.307 e. The molecule has 5 nitrogen and oxygen atoms in total. The third-order valence-corrected chi connectivity index (χ3v) is 3.50. The molecule has 0 heterocycles. The first-order valence-electron chi connectivity index (χ1n) is 7.33. The fourth-order valence-electron chi connectivity index (χ4n) is 1.89. The van der Waals surface area contributed by atoms with E-state index in [9.17, 15) is 9.59 Å². The number of carbonyl (C=O) groups excluding carboxylic acids is 2. The molecule has 0 saturated heterocycles. The third kappa shape index (κ3) is 6.84. The van der Waals surface area contributed by atoms with Crippen LogP contribution in [0.2, 0.25) is 5.02 Å². The molecule has 0 spiro atoms. The Balaban J connectivity index is 2.75. The van der Waals surface area contributed by atoms with Crippen LogP contribution in [0.15, 0.2) is 36.9 Å². The molecule has 0 aromatic heterocycles. The second-order valence-corrected chi connectivity index (χ2v) is 5.42. The van der Waals surface area contributed by atoms with Gasteiger partial charge in [0.05, 0.1) is 26.2 Å². The van der Waals surface area contributed by atoms with Crippen molar-refractivity contribution in [3.05, 3.63) is 47.5 Å². The highest BCUT2D eigenvalue weighted by molar-refractivity contribution is 6.30. The van der Waals surface area contributed by atoms with E-state index in [1.165, 1.54) is 7.11 Å². The van der Waals surface area contributed by atoms with Crippen LogP contribution in [0.5, 0.6) is 0 Å². The van der Waals surface area contributed by atoms with Gasteiger partial charge >= 0.3 is 5.97 Å². The van der Waals surface area contributed by atoms with Crippen molar-refractivity contribution >= 4 is 23.5 Å². The minimum absolute atomic E-state index is 0.0310. The van der Waals surface area contributed by atoms with Crippen molar-refractivity contribution < 1.29 is 19.1 Å². The molecule has 2 atom stereocenters. The number of carbonyl (C=O) groups is 2. The predicted molar refractivity (Wildman–Crippen MR) is 89.2 cm³/mol. The molecular formula is C17H22ClNO4. The Hall–Kier alpha value is -1.85. The lowest BCUT2D eigenvalue weighted by Gasteiger charge is -2.21. The highest BCUT2D eigenvalue weighted by atomic mass is 35.5. The van der Waals surface area contributed by atoms with Gasteiger partial charge in [0.2, 0.25) is 5.91 Å². The lowest BCUT2D eigenvalue weighted by atomic mass is 10.0. The second kappa shape index (κ2) is 10.0. The van der Waals surface area contributed by atoms with Crippen LogP contribution in [0.25, 0.3) is 0 Å². The van der Waals surface area contributed by atoms with Gasteiger partial charge < -0.3 is 14.8 Å². The molecule has 126 valence electrons. The Morgan fingerprint density at radius 3 is 2.57 bits per heavy atom. The highest BCUT2D eigenvalue weighted by Crippen LogP contribution is 2.20. The Labute approximate surface area is 141 Å². The molecule has 0 aliphatic carbocycles. The summed E-state index contributed by atoms with van der Waals surface area (Å²) in [6.45, 7) is 5.68. The van der Waals surface area contributed by atoms with Crippen molar-refractivity contribution in [2.75, 3.05) is 13.7 Å². The fraction of sp³-hybridized carbons (Fsp3) is 0.412. The van der Waals surface area contributed by atoms with Gasteiger partial charge in [0, 0.05) is 5.02 Å². The summed E-state index contributed by atoms with van der Waals surface area (Å²) in [5.41, 5.74) is 0.770. The zero-order chi connectivity index (χ0) is 17.2. The van der Waals surface area contributed by atoms with Crippen molar-refractivity contribution in [1.82, 2.24) is 5.32 Å². The number of benzene rings is 1. The molecule has 1 N–H and O–H groups in total. The van der Waals surface area contributed by atoms with Gasteiger partial charge in [-0.2, -0.15) is 0 Å². The summed E-state index contributed by atoms with van der Waals surface area (Å²) in [7, 11) is 1.31. The molecule has 0 aliphatic rings. The minimum Gasteiger partial charge on any atom is -0.469 e. The molecular weight excluding hydrogens is 318 g/mol. The number of halogens is 1. The van der Waals surface area contributed by atoms with Crippen molar-refractivity contribution in [1.29, 1.82) is 0 Å². The Bertz CT molecular complexity index is 530. The number of amides is 1. The summed E-state index contributed by atoms with van der Waals surface area (Å²) < 4.78 is 10.1. The normalized spacial score (nSPS) is 13.0. The number of ether oxygens (including phenoxy) is 2. The standard InChI is InChI=1S/C17H22ClNO4/c1-4-5-10-23-12(2)17(21)19-15(11-16(20)22-3)13-6-8-14(18)9-7-13/h4,6-9,12,15H,1,5,10-11H2,2-3H3,(H,19,21). The van der Waals surface area contributed by atoms with Gasteiger partial charge in [-0.1, -0.05) is 29.8 Å². The quantitative estimate of drug-likeness (QED) is 0.426. The summed E-state index contributed by atoms with van der Waals surface area (Å²) in [4.78, 5) is 23.8. The summed E-state index contributed by atoms with van der Waals surface area (Å²) >= 11 is 5.87. The second-order valence-electron chi connectivity index (χ2n) is 4.98. The van der Waals surface area contributed by atoms with Gasteiger partial charge in [0.1, 0.15) is 6.10 Å². The molecule has 1 amide bonds. The van der Waals surface area contributed by atoms with Crippen molar-refractivity contribution in [3.63, 3.8) is 0 Å². The molecule has 1 rings (SSSR count). The SMILES string of the molecule is C=CCCOC(C)C(=O)NC(CC(=O)OC)c1ccc(Cl)cc1. The summed E-state index contributed by atoms with van der Waals surface area (Å²) in [5, 5.41) is 3.39. The molecule has 1 aromatic carbocycles. The van der Waals surface area contributed by atoms with Gasteiger partial charge in [0.15, 0.2) is 0 Å². The maximum atomic E-state index is 12.2. The maximum absolute atomic E-state index is 12.2. The van der Waals surface area contributed by atoms with Crippen molar-refractivity contribution in [2.24, 2.45) is 0 Å². The molecule has 1 aromatic rings. The van der Waals surface area contributed by atoms with Crippen LogP contribution >= 0.6 is 11.6 Å². The highest BCUT2D eigenvalue weighted by Gasteiger charge is 2.22. The van der Waals surface area contributed by atoms with E-state index >= 15 is 0 Å². The third-order valence-electron chi connectivity index (χ3n) is 3.25. The van der Waals surface area contributed by atoms with E-state index in [0.717, 1.165) is 5.56 Å². The van der Waals surface area contributed by atoms with E-state index < -0.39 is 18.1 Å². The number of hydrogen-bond donors (Lipinski definition) is 1. The minimum atomic E-state index is -0.623. The zero-order valence-electron chi connectivity index (χ0n) is 13.4. The summed E-state index contributed by atoms with van der Waals surface area (Å²) in [6, 6.07) is 6.44. The topological polar surface area (TPSA) is 64.6 Å². The van der Waals surface area contributed by atoms with E-state index in [1.54, 1.807) is 37.3 Å². The van der Waals surface area contributed by atoms with Gasteiger partial charge in [-0.3, -0.25) is 9.59 Å². The van der Waals surface area contributed by atoms with E-state index in [-0.39, 0.29) is 12.3 Å². The molecule has 0 bridgehead atoms. The summed E-state index contributed by atoms with van der Waals surface area (Å²) in [5.74, 6) is -0.705. The van der Waals surface area contributed by atoms with Crippen LogP contribution in [0, 0.1) is 0 Å². The van der Waals surface area contributed by atoms with Gasteiger partial charge in [0.25, 0.3) is 0 Å². The number of nitrogens with one attached hydrogen (secondary N) is 1. The number of rotatable bonds is 9. The number of esters is 1. The summed E-state index contributed by atoms with van der Waals surface area (Å²) in [6.07, 6.45) is 1.80. The lowest BCUT2D eigenvalue weighted by Crippen LogP contribution is -2.38. The van der Waals surface area contributed by atoms with E-state index in [1.807, 2.05) is 0 Å². The van der Waals surface area contributed by atoms with Gasteiger partial charge in [-0.15, -0.1) is 6.58 Å². The molecule has 2 unspecified atom stereocenters. The van der Waals surface area contributed by atoms with Crippen LogP contribution < -0.4 is 5.32 Å². The molecule has 6 heteroatoms. The monoisotopic (exact) mass is 339 g/mol. The van der Waals surface area contributed by atoms with Crippen LogP contribution in [0.1, 0.15) is 31.4 Å². The number of hydrogen-bond acceptors (Lipinski definition) is 4. The zero-order valence-corrected chi connectivity index (χ0v) is 14.1. The average molecular weight is 340 g/mol. The first kappa shape index (κ1) is 19.2. The lowest BCUT2D eigenvalue weighted by molar-refractivity contribution is -0.141. The van der Waals surface area contributed by atoms with Crippen molar-refractivity contribution in [3.8, 4) is 0 Å². The van der Waals surface area contributed by atoms with E-state index in [2.05, 4.69) is 16.6 Å². The van der Waals surface area contributed by atoms with E-state index in [4.69, 9.17) is 16.3 Å². The fourth-order valence-corrected chi connectivity index (χ4v) is 2.02. The number of methoxy groups -OCH3 is 1. The van der Waals surface area contributed by atoms with Gasteiger partial charge in [-0.05, 0) is 31.0 Å². The molecule has 23 heavy (non-hydrogen) atoms. The molecule has 0 fully saturated rings. The molecule has 0 saturated carbocycles. The largest absolute Gasteiger partial charge is 0.469 e. The Kier molecular flexibility index (Phi) is 8.37. The van der Waals surface area contributed by atoms with Crippen LogP contribution in [0.3, 0.4) is 0 Å². The first-order chi connectivity index (χ1) is 11.0. The Morgan fingerprint density at radius 2 is 2.00 bits per heavy atom. The smallest absolute Gasteiger partial charge is 0.307 e. The van der Waals surface area contributed by atoms with E-state index in [0.29, 0.717) is 18.1 Å². The van der Waals surface area contributed by atoms with Crippen LogP contribution in [-0.4, -0.2) is 31.7 Å². The first-order valence-corrected chi connectivity index (χ1v) is 7.70. The Morgan fingerprint density at radius 1 is 1.35 bits per heavy atom. The molecule has 0 aliphatic heterocycles. The van der Waals surface area contributed by atoms with Crippen molar-refractivity contribution in [2.45, 2.75) is 31.9 Å². The van der Waals surface area contributed by atoms with Crippen LogP contribution in [-0.2, 0) is 19.1 Å². The van der Waals surface area contributed by atoms with Crippen LogP contribution in [0.4, 0.5) is 0 Å². The predicted octanol–water partition coefficient (Wildman–Crippen LogP) is 3.04. The average Bonchev–Trinajstić information content (AvgIpc) is 2.54. The molecule has 0 radical (unpaired) electrons.